The minimum absolute atomic E-state index is 0.296. The van der Waals surface area contributed by atoms with Gasteiger partial charge in [0.2, 0.25) is 0 Å². The minimum atomic E-state index is 0.296. The number of hydrogen-bond donors (Lipinski definition) is 1. The Morgan fingerprint density at radius 1 is 1.53 bits per heavy atom. The fourth-order valence-corrected chi connectivity index (χ4v) is 2.56. The molecule has 5 heteroatoms. The highest BCUT2D eigenvalue weighted by Crippen LogP contribution is 2.17. The summed E-state index contributed by atoms with van der Waals surface area (Å²) in [4.78, 5) is 2.39. The Balaban J connectivity index is 1.70. The molecule has 0 saturated carbocycles. The van der Waals surface area contributed by atoms with E-state index in [0.717, 1.165) is 43.0 Å². The number of likely N-dealkylation sites (N-methyl/N-ethyl adjacent to an activating group) is 1. The molecular formula is C14H21BrN2O2. The summed E-state index contributed by atoms with van der Waals surface area (Å²) in [7, 11) is 1.96. The highest BCUT2D eigenvalue weighted by Gasteiger charge is 2.19. The van der Waals surface area contributed by atoms with E-state index in [4.69, 9.17) is 9.47 Å². The molecule has 0 aliphatic carbocycles. The van der Waals surface area contributed by atoms with Crippen LogP contribution < -0.4 is 10.1 Å². The van der Waals surface area contributed by atoms with Crippen molar-refractivity contribution in [1.29, 1.82) is 0 Å². The van der Waals surface area contributed by atoms with Crippen LogP contribution in [0.5, 0.6) is 5.75 Å². The molecule has 1 aliphatic rings. The van der Waals surface area contributed by atoms with Crippen LogP contribution in [0.3, 0.4) is 0 Å². The number of ether oxygens (including phenoxy) is 2. The van der Waals surface area contributed by atoms with Gasteiger partial charge in [-0.25, -0.2) is 0 Å². The summed E-state index contributed by atoms with van der Waals surface area (Å²) in [6, 6.07) is 7.95. The van der Waals surface area contributed by atoms with Crippen molar-refractivity contribution in [1.82, 2.24) is 10.2 Å². The lowest BCUT2D eigenvalue weighted by atomic mass is 10.2. The molecule has 0 spiro atoms. The summed E-state index contributed by atoms with van der Waals surface area (Å²) in [6.45, 7) is 5.33. The highest BCUT2D eigenvalue weighted by molar-refractivity contribution is 9.10. The van der Waals surface area contributed by atoms with Crippen LogP contribution in [-0.2, 0) is 4.74 Å². The van der Waals surface area contributed by atoms with Gasteiger partial charge in [0, 0.05) is 30.7 Å². The van der Waals surface area contributed by atoms with Crippen LogP contribution in [0.2, 0.25) is 0 Å². The van der Waals surface area contributed by atoms with E-state index in [0.29, 0.717) is 12.7 Å². The molecule has 106 valence electrons. The average molecular weight is 329 g/mol. The Bertz CT molecular complexity index is 387. The summed E-state index contributed by atoms with van der Waals surface area (Å²) in [5.41, 5.74) is 0. The van der Waals surface area contributed by atoms with Crippen molar-refractivity contribution in [2.24, 2.45) is 0 Å². The second-order valence-electron chi connectivity index (χ2n) is 4.66. The average Bonchev–Trinajstić information content (AvgIpc) is 2.40. The summed E-state index contributed by atoms with van der Waals surface area (Å²) in [6.07, 6.45) is 0.296. The Morgan fingerprint density at radius 2 is 2.42 bits per heavy atom. The van der Waals surface area contributed by atoms with Crippen LogP contribution in [0, 0.1) is 0 Å². The molecule has 1 heterocycles. The third-order valence-electron chi connectivity index (χ3n) is 3.13. The molecule has 1 aliphatic heterocycles. The largest absolute Gasteiger partial charge is 0.492 e. The molecule has 1 N–H and O–H groups in total. The van der Waals surface area contributed by atoms with E-state index in [-0.39, 0.29) is 0 Å². The molecule has 0 radical (unpaired) electrons. The molecule has 0 bridgehead atoms. The molecule has 0 aromatic heterocycles. The zero-order valence-electron chi connectivity index (χ0n) is 11.3. The number of hydrogen-bond acceptors (Lipinski definition) is 4. The van der Waals surface area contributed by atoms with Crippen molar-refractivity contribution in [2.45, 2.75) is 6.10 Å². The maximum atomic E-state index is 5.76. The molecule has 2 rings (SSSR count). The summed E-state index contributed by atoms with van der Waals surface area (Å²) in [5, 5.41) is 3.16. The number of rotatable bonds is 6. The van der Waals surface area contributed by atoms with Crippen molar-refractivity contribution >= 4 is 15.9 Å². The van der Waals surface area contributed by atoms with E-state index >= 15 is 0 Å². The van der Waals surface area contributed by atoms with Gasteiger partial charge in [-0.1, -0.05) is 22.0 Å². The van der Waals surface area contributed by atoms with Gasteiger partial charge in [-0.3, -0.25) is 4.90 Å². The second kappa shape index (κ2) is 7.85. The first-order valence-electron chi connectivity index (χ1n) is 6.65. The van der Waals surface area contributed by atoms with Crippen molar-refractivity contribution in [3.63, 3.8) is 0 Å². The van der Waals surface area contributed by atoms with E-state index in [1.807, 2.05) is 31.3 Å². The topological polar surface area (TPSA) is 33.7 Å². The summed E-state index contributed by atoms with van der Waals surface area (Å²) in [5.74, 6) is 0.911. The fraction of sp³-hybridized carbons (Fsp3) is 0.571. The number of morpholine rings is 1. The van der Waals surface area contributed by atoms with E-state index in [9.17, 15) is 0 Å². The quantitative estimate of drug-likeness (QED) is 0.862. The molecule has 1 unspecified atom stereocenters. The zero-order valence-corrected chi connectivity index (χ0v) is 12.9. The molecule has 1 aromatic carbocycles. The molecule has 1 fully saturated rings. The number of benzene rings is 1. The Morgan fingerprint density at radius 3 is 3.21 bits per heavy atom. The van der Waals surface area contributed by atoms with E-state index in [1.54, 1.807) is 0 Å². The van der Waals surface area contributed by atoms with E-state index in [1.165, 1.54) is 0 Å². The zero-order chi connectivity index (χ0) is 13.5. The Labute approximate surface area is 123 Å². The van der Waals surface area contributed by atoms with Crippen LogP contribution >= 0.6 is 15.9 Å². The number of nitrogens with one attached hydrogen (secondary N) is 1. The maximum absolute atomic E-state index is 5.76. The lowest BCUT2D eigenvalue weighted by Gasteiger charge is -2.32. The van der Waals surface area contributed by atoms with Gasteiger partial charge >= 0.3 is 0 Å². The molecule has 1 atom stereocenters. The molecule has 4 nitrogen and oxygen atoms in total. The smallest absolute Gasteiger partial charge is 0.120 e. The van der Waals surface area contributed by atoms with Crippen LogP contribution in [0.4, 0.5) is 0 Å². The van der Waals surface area contributed by atoms with Crippen LogP contribution in [0.25, 0.3) is 0 Å². The van der Waals surface area contributed by atoms with Crippen molar-refractivity contribution in [3.8, 4) is 5.75 Å². The van der Waals surface area contributed by atoms with Crippen LogP contribution in [0.15, 0.2) is 28.7 Å². The van der Waals surface area contributed by atoms with Crippen LogP contribution in [0.1, 0.15) is 0 Å². The molecule has 1 saturated heterocycles. The number of nitrogens with zero attached hydrogens (tertiary/aromatic N) is 1. The van der Waals surface area contributed by atoms with Gasteiger partial charge in [-0.05, 0) is 25.2 Å². The fourth-order valence-electron chi connectivity index (χ4n) is 2.18. The molecule has 0 amide bonds. The van der Waals surface area contributed by atoms with Gasteiger partial charge in [0.1, 0.15) is 12.4 Å². The summed E-state index contributed by atoms with van der Waals surface area (Å²) >= 11 is 3.44. The first kappa shape index (κ1) is 14.8. The normalized spacial score (nSPS) is 20.4. The molecular weight excluding hydrogens is 308 g/mol. The molecule has 19 heavy (non-hydrogen) atoms. The number of halogens is 1. The third kappa shape index (κ3) is 5.10. The van der Waals surface area contributed by atoms with Crippen molar-refractivity contribution in [3.05, 3.63) is 28.7 Å². The predicted molar refractivity (Wildman–Crippen MR) is 79.7 cm³/mol. The lowest BCUT2D eigenvalue weighted by Crippen LogP contribution is -2.47. The second-order valence-corrected chi connectivity index (χ2v) is 5.57. The predicted octanol–water partition coefficient (Wildman–Crippen LogP) is 1.75. The monoisotopic (exact) mass is 328 g/mol. The lowest BCUT2D eigenvalue weighted by molar-refractivity contribution is -0.0291. The maximum Gasteiger partial charge on any atom is 0.120 e. The van der Waals surface area contributed by atoms with Gasteiger partial charge in [-0.2, -0.15) is 0 Å². The van der Waals surface area contributed by atoms with Gasteiger partial charge in [0.15, 0.2) is 0 Å². The minimum Gasteiger partial charge on any atom is -0.492 e. The first-order chi connectivity index (χ1) is 9.28. The van der Waals surface area contributed by atoms with Crippen molar-refractivity contribution < 1.29 is 9.47 Å². The van der Waals surface area contributed by atoms with Crippen LogP contribution in [-0.4, -0.2) is 57.4 Å². The van der Waals surface area contributed by atoms with Crippen molar-refractivity contribution in [2.75, 3.05) is 46.4 Å². The van der Waals surface area contributed by atoms with Gasteiger partial charge in [0.05, 0.1) is 12.7 Å². The summed E-state index contributed by atoms with van der Waals surface area (Å²) < 4.78 is 12.5. The van der Waals surface area contributed by atoms with Gasteiger partial charge in [-0.15, -0.1) is 0 Å². The standard InChI is InChI=1S/C14H21BrN2O2/c1-16-10-14-11-17(6-8-19-14)5-7-18-13-4-2-3-12(15)9-13/h2-4,9,14,16H,5-8,10-11H2,1H3. The van der Waals surface area contributed by atoms with E-state index in [2.05, 4.69) is 26.1 Å². The third-order valence-corrected chi connectivity index (χ3v) is 3.62. The first-order valence-corrected chi connectivity index (χ1v) is 7.44. The van der Waals surface area contributed by atoms with Gasteiger partial charge in [0.25, 0.3) is 0 Å². The molecule has 1 aromatic rings. The Kier molecular flexibility index (Phi) is 6.10. The Hall–Kier alpha value is -0.620. The highest BCUT2D eigenvalue weighted by atomic mass is 79.9. The SMILES string of the molecule is CNCC1CN(CCOc2cccc(Br)c2)CCO1. The van der Waals surface area contributed by atoms with E-state index < -0.39 is 0 Å². The van der Waals surface area contributed by atoms with Gasteiger partial charge < -0.3 is 14.8 Å².